The van der Waals surface area contributed by atoms with Crippen LogP contribution in [0.2, 0.25) is 0 Å². The van der Waals surface area contributed by atoms with Gasteiger partial charge in [0.25, 0.3) is 0 Å². The van der Waals surface area contributed by atoms with Gasteiger partial charge in [-0.1, -0.05) is 50.2 Å². The summed E-state index contributed by atoms with van der Waals surface area (Å²) in [4.78, 5) is 9.46. The second kappa shape index (κ2) is 8.90. The van der Waals surface area contributed by atoms with E-state index in [0.29, 0.717) is 5.95 Å². The molecule has 1 fully saturated rings. The van der Waals surface area contributed by atoms with E-state index in [-0.39, 0.29) is 0 Å². The molecule has 1 aliphatic heterocycles. The van der Waals surface area contributed by atoms with Gasteiger partial charge in [0, 0.05) is 37.6 Å². The van der Waals surface area contributed by atoms with Gasteiger partial charge in [-0.2, -0.15) is 10.1 Å². The first-order valence-corrected chi connectivity index (χ1v) is 10.4. The van der Waals surface area contributed by atoms with E-state index in [1.165, 1.54) is 16.8 Å². The van der Waals surface area contributed by atoms with Gasteiger partial charge in [0.05, 0.1) is 6.20 Å². The minimum atomic E-state index is 0.559. The maximum atomic E-state index is 4.76. The molecule has 2 heterocycles. The number of piperazine rings is 1. The molecule has 3 aromatic rings. The molecule has 0 aliphatic carbocycles. The molecule has 0 spiro atoms. The van der Waals surface area contributed by atoms with Crippen molar-refractivity contribution in [3.05, 3.63) is 65.9 Å². The number of hydrogen-bond donors (Lipinski definition) is 1. The fraction of sp³-hybridized carbons (Fsp3) is 0.348. The first-order valence-electron chi connectivity index (χ1n) is 10.4. The van der Waals surface area contributed by atoms with Crippen molar-refractivity contribution in [2.75, 3.05) is 41.3 Å². The number of hydrogen-bond acceptors (Lipinski definition) is 6. The lowest BCUT2D eigenvalue weighted by Gasteiger charge is -2.36. The molecule has 6 nitrogen and oxygen atoms in total. The van der Waals surface area contributed by atoms with Crippen LogP contribution in [0.25, 0.3) is 0 Å². The summed E-state index contributed by atoms with van der Waals surface area (Å²) in [6.45, 7) is 8.10. The summed E-state index contributed by atoms with van der Waals surface area (Å²) in [5, 5.41) is 11.9. The zero-order valence-electron chi connectivity index (χ0n) is 17.2. The number of para-hydroxylation sites is 2. The van der Waals surface area contributed by atoms with Gasteiger partial charge in [0.1, 0.15) is 0 Å². The van der Waals surface area contributed by atoms with Crippen molar-refractivity contribution in [3.8, 4) is 0 Å². The highest BCUT2D eigenvalue weighted by Crippen LogP contribution is 2.26. The Hall–Kier alpha value is -3.15. The topological polar surface area (TPSA) is 57.2 Å². The van der Waals surface area contributed by atoms with Crippen molar-refractivity contribution >= 4 is 23.1 Å². The first-order chi connectivity index (χ1) is 14.3. The van der Waals surface area contributed by atoms with Crippen LogP contribution in [0.4, 0.5) is 23.1 Å². The van der Waals surface area contributed by atoms with E-state index in [2.05, 4.69) is 87.7 Å². The monoisotopic (exact) mass is 388 g/mol. The maximum Gasteiger partial charge on any atom is 0.249 e. The predicted octanol–water partition coefficient (Wildman–Crippen LogP) is 4.07. The SMILES string of the molecule is CCc1cccc(CC)c1Nc1nncc(N2CCN(c3ccccc3)CC2)n1. The van der Waals surface area contributed by atoms with Crippen LogP contribution in [-0.4, -0.2) is 41.4 Å². The number of nitrogens with one attached hydrogen (secondary N) is 1. The number of benzene rings is 2. The summed E-state index contributed by atoms with van der Waals surface area (Å²) in [5.74, 6) is 1.44. The third kappa shape index (κ3) is 4.31. The minimum Gasteiger partial charge on any atom is -0.368 e. The maximum absolute atomic E-state index is 4.76. The van der Waals surface area contributed by atoms with E-state index in [9.17, 15) is 0 Å². The van der Waals surface area contributed by atoms with Crippen molar-refractivity contribution in [2.24, 2.45) is 0 Å². The van der Waals surface area contributed by atoms with Gasteiger partial charge in [0.15, 0.2) is 5.82 Å². The Morgan fingerprint density at radius 3 is 2.14 bits per heavy atom. The molecule has 29 heavy (non-hydrogen) atoms. The molecule has 4 rings (SSSR count). The molecule has 6 heteroatoms. The average Bonchev–Trinajstić information content (AvgIpc) is 2.80. The number of nitrogens with zero attached hydrogens (tertiary/aromatic N) is 5. The molecule has 1 aliphatic rings. The van der Waals surface area contributed by atoms with Gasteiger partial charge in [-0.25, -0.2) is 0 Å². The molecule has 0 amide bonds. The molecule has 2 aromatic carbocycles. The molecule has 0 saturated carbocycles. The Bertz CT molecular complexity index is 913. The standard InChI is InChI=1S/C23H28N6/c1-3-18-9-8-10-19(4-2)22(18)26-23-25-21(17-24-27-23)29-15-13-28(14-16-29)20-11-6-5-7-12-20/h5-12,17H,3-4,13-16H2,1-2H3,(H,25,26,27). The Morgan fingerprint density at radius 2 is 1.48 bits per heavy atom. The summed E-state index contributed by atoms with van der Waals surface area (Å²) in [5.41, 5.74) is 4.94. The molecule has 1 saturated heterocycles. The Morgan fingerprint density at radius 1 is 0.828 bits per heavy atom. The molecule has 150 valence electrons. The second-order valence-electron chi connectivity index (χ2n) is 7.23. The summed E-state index contributed by atoms with van der Waals surface area (Å²) >= 11 is 0. The quantitative estimate of drug-likeness (QED) is 0.687. The fourth-order valence-corrected chi connectivity index (χ4v) is 3.85. The van der Waals surface area contributed by atoms with Crippen LogP contribution in [0.5, 0.6) is 0 Å². The van der Waals surface area contributed by atoms with E-state index in [1.807, 2.05) is 0 Å². The van der Waals surface area contributed by atoms with Crippen LogP contribution in [-0.2, 0) is 12.8 Å². The lowest BCUT2D eigenvalue weighted by molar-refractivity contribution is 0.645. The molecule has 0 unspecified atom stereocenters. The van der Waals surface area contributed by atoms with Crippen molar-refractivity contribution in [2.45, 2.75) is 26.7 Å². The number of rotatable bonds is 6. The largest absolute Gasteiger partial charge is 0.368 e. The normalized spacial score (nSPS) is 14.1. The molecular weight excluding hydrogens is 360 g/mol. The van der Waals surface area contributed by atoms with Crippen molar-refractivity contribution < 1.29 is 0 Å². The zero-order valence-corrected chi connectivity index (χ0v) is 17.2. The third-order valence-electron chi connectivity index (χ3n) is 5.51. The van der Waals surface area contributed by atoms with E-state index in [1.54, 1.807) is 6.20 Å². The molecule has 1 aromatic heterocycles. The van der Waals surface area contributed by atoms with E-state index < -0.39 is 0 Å². The van der Waals surface area contributed by atoms with Crippen molar-refractivity contribution in [3.63, 3.8) is 0 Å². The van der Waals surface area contributed by atoms with E-state index in [0.717, 1.165) is 50.5 Å². The Balaban J connectivity index is 1.48. The van der Waals surface area contributed by atoms with Crippen molar-refractivity contribution in [1.29, 1.82) is 0 Å². The number of aryl methyl sites for hydroxylation is 2. The van der Waals surface area contributed by atoms with Gasteiger partial charge >= 0.3 is 0 Å². The van der Waals surface area contributed by atoms with E-state index in [4.69, 9.17) is 4.98 Å². The van der Waals surface area contributed by atoms with Gasteiger partial charge in [-0.3, -0.25) is 0 Å². The fourth-order valence-electron chi connectivity index (χ4n) is 3.85. The summed E-state index contributed by atoms with van der Waals surface area (Å²) < 4.78 is 0. The zero-order chi connectivity index (χ0) is 20.1. The summed E-state index contributed by atoms with van der Waals surface area (Å²) in [7, 11) is 0. The predicted molar refractivity (Wildman–Crippen MR) is 119 cm³/mol. The van der Waals surface area contributed by atoms with Gasteiger partial charge in [-0.05, 0) is 36.1 Å². The van der Waals surface area contributed by atoms with Crippen LogP contribution in [0, 0.1) is 0 Å². The van der Waals surface area contributed by atoms with Gasteiger partial charge < -0.3 is 15.1 Å². The lowest BCUT2D eigenvalue weighted by Crippen LogP contribution is -2.46. The van der Waals surface area contributed by atoms with Crippen LogP contribution in [0.1, 0.15) is 25.0 Å². The Kier molecular flexibility index (Phi) is 5.89. The van der Waals surface area contributed by atoms with Gasteiger partial charge in [-0.15, -0.1) is 5.10 Å². The molecule has 0 atom stereocenters. The molecule has 0 bridgehead atoms. The highest BCUT2D eigenvalue weighted by molar-refractivity contribution is 5.64. The Labute approximate surface area is 172 Å². The minimum absolute atomic E-state index is 0.559. The smallest absolute Gasteiger partial charge is 0.249 e. The van der Waals surface area contributed by atoms with Crippen LogP contribution in [0.3, 0.4) is 0 Å². The molecule has 1 N–H and O–H groups in total. The molecule has 0 radical (unpaired) electrons. The highest BCUT2D eigenvalue weighted by atomic mass is 15.3. The summed E-state index contributed by atoms with van der Waals surface area (Å²) in [6.07, 6.45) is 3.69. The van der Waals surface area contributed by atoms with Crippen LogP contribution < -0.4 is 15.1 Å². The lowest BCUT2D eigenvalue weighted by atomic mass is 10.0. The van der Waals surface area contributed by atoms with Gasteiger partial charge in [0.2, 0.25) is 5.95 Å². The number of anilines is 4. The highest BCUT2D eigenvalue weighted by Gasteiger charge is 2.19. The summed E-state index contributed by atoms with van der Waals surface area (Å²) in [6, 6.07) is 17.0. The van der Waals surface area contributed by atoms with Crippen molar-refractivity contribution in [1.82, 2.24) is 15.2 Å². The molecular formula is C23H28N6. The average molecular weight is 389 g/mol. The van der Waals surface area contributed by atoms with Crippen LogP contribution in [0.15, 0.2) is 54.7 Å². The second-order valence-corrected chi connectivity index (χ2v) is 7.23. The van der Waals surface area contributed by atoms with E-state index >= 15 is 0 Å². The van der Waals surface area contributed by atoms with Crippen LogP contribution >= 0.6 is 0 Å². The number of aromatic nitrogens is 3. The third-order valence-corrected chi connectivity index (χ3v) is 5.51. The first kappa shape index (κ1) is 19.2.